The molecule has 1 rings (SSSR count). The van der Waals surface area contributed by atoms with Gasteiger partial charge in [0.15, 0.2) is 0 Å². The van der Waals surface area contributed by atoms with Crippen LogP contribution < -0.4 is 0 Å². The van der Waals surface area contributed by atoms with Gasteiger partial charge in [-0.15, -0.1) is 0 Å². The summed E-state index contributed by atoms with van der Waals surface area (Å²) in [7, 11) is 0. The summed E-state index contributed by atoms with van der Waals surface area (Å²) in [5, 5.41) is 0. The predicted molar refractivity (Wildman–Crippen MR) is 62.0 cm³/mol. The van der Waals surface area contributed by atoms with Gasteiger partial charge >= 0.3 is 5.97 Å². The molecule has 1 aliphatic carbocycles. The zero-order valence-corrected chi connectivity index (χ0v) is 10.7. The number of ether oxygens (including phenoxy) is 1. The second kappa shape index (κ2) is 4.04. The highest BCUT2D eigenvalue weighted by atomic mass is 16.6. The van der Waals surface area contributed by atoms with Crippen molar-refractivity contribution in [1.29, 1.82) is 0 Å². The maximum absolute atomic E-state index is 11.9. The van der Waals surface area contributed by atoms with Crippen molar-refractivity contribution in [3.05, 3.63) is 11.6 Å². The summed E-state index contributed by atoms with van der Waals surface area (Å²) in [6.45, 7) is 8.82. The second-order valence-corrected chi connectivity index (χ2v) is 5.55. The molecular formula is C13H20O3. The van der Waals surface area contributed by atoms with Gasteiger partial charge in [0, 0.05) is 5.57 Å². The van der Waals surface area contributed by atoms with E-state index in [1.165, 1.54) is 6.92 Å². The van der Waals surface area contributed by atoms with Crippen molar-refractivity contribution >= 4 is 11.8 Å². The molecule has 0 bridgehead atoms. The fourth-order valence-corrected chi connectivity index (χ4v) is 1.87. The first kappa shape index (κ1) is 12.9. The number of carbonyl (C=O) groups excluding carboxylic acids is 2. The Kier molecular flexibility index (Phi) is 3.27. The largest absolute Gasteiger partial charge is 0.457 e. The molecule has 0 aromatic carbocycles. The lowest BCUT2D eigenvalue weighted by Crippen LogP contribution is -2.33. The van der Waals surface area contributed by atoms with E-state index < -0.39 is 11.0 Å². The lowest BCUT2D eigenvalue weighted by atomic mass is 9.80. The third-order valence-electron chi connectivity index (χ3n) is 2.98. The summed E-state index contributed by atoms with van der Waals surface area (Å²) in [5.41, 5.74) is -0.643. The minimum absolute atomic E-state index is 0.0297. The van der Waals surface area contributed by atoms with Crippen LogP contribution >= 0.6 is 0 Å². The number of allylic oxidation sites excluding steroid dienone is 1. The Morgan fingerprint density at radius 3 is 2.38 bits per heavy atom. The highest BCUT2D eigenvalue weighted by Gasteiger charge is 2.42. The molecule has 1 unspecified atom stereocenters. The van der Waals surface area contributed by atoms with Crippen LogP contribution in [-0.4, -0.2) is 17.4 Å². The topological polar surface area (TPSA) is 43.4 Å². The van der Waals surface area contributed by atoms with E-state index in [1.54, 1.807) is 0 Å². The van der Waals surface area contributed by atoms with E-state index >= 15 is 0 Å². The Morgan fingerprint density at radius 2 is 1.94 bits per heavy atom. The summed E-state index contributed by atoms with van der Waals surface area (Å²) in [5.74, 6) is -0.329. The van der Waals surface area contributed by atoms with Gasteiger partial charge in [-0.05, 0) is 47.5 Å². The van der Waals surface area contributed by atoms with Gasteiger partial charge in [-0.1, -0.05) is 6.08 Å². The van der Waals surface area contributed by atoms with Crippen LogP contribution in [0.3, 0.4) is 0 Å². The highest BCUT2D eigenvalue weighted by Crippen LogP contribution is 2.40. The number of hydrogen-bond donors (Lipinski definition) is 0. The van der Waals surface area contributed by atoms with E-state index in [0.29, 0.717) is 12.0 Å². The van der Waals surface area contributed by atoms with E-state index in [4.69, 9.17) is 4.74 Å². The van der Waals surface area contributed by atoms with Crippen molar-refractivity contribution in [1.82, 2.24) is 0 Å². The standard InChI is InChI=1S/C13H20O3/c1-9(14)13(5)8-6-7-10(13)11(15)16-12(2,3)4/h7H,6,8H2,1-5H3. The molecule has 1 aliphatic rings. The summed E-state index contributed by atoms with van der Waals surface area (Å²) in [6.07, 6.45) is 3.30. The van der Waals surface area contributed by atoms with E-state index in [9.17, 15) is 9.59 Å². The normalized spacial score (nSPS) is 25.2. The Balaban J connectivity index is 2.89. The number of carbonyl (C=O) groups is 2. The van der Waals surface area contributed by atoms with Gasteiger partial charge in [-0.3, -0.25) is 4.79 Å². The Bertz CT molecular complexity index is 347. The SMILES string of the molecule is CC(=O)C1(C)CCC=C1C(=O)OC(C)(C)C. The molecule has 3 nitrogen and oxygen atoms in total. The fourth-order valence-electron chi connectivity index (χ4n) is 1.87. The third-order valence-corrected chi connectivity index (χ3v) is 2.98. The maximum atomic E-state index is 11.9. The molecule has 0 aliphatic heterocycles. The smallest absolute Gasteiger partial charge is 0.335 e. The van der Waals surface area contributed by atoms with Crippen LogP contribution in [0.25, 0.3) is 0 Å². The molecule has 90 valence electrons. The second-order valence-electron chi connectivity index (χ2n) is 5.55. The molecule has 0 amide bonds. The van der Waals surface area contributed by atoms with E-state index in [2.05, 4.69) is 0 Å². The Labute approximate surface area is 96.9 Å². The Hall–Kier alpha value is -1.12. The lowest BCUT2D eigenvalue weighted by Gasteiger charge is -2.27. The van der Waals surface area contributed by atoms with Crippen LogP contribution in [-0.2, 0) is 14.3 Å². The summed E-state index contributed by atoms with van der Waals surface area (Å²) < 4.78 is 5.31. The van der Waals surface area contributed by atoms with Crippen LogP contribution in [0.15, 0.2) is 11.6 Å². The number of Topliss-reactive ketones (excluding diaryl/α,β-unsaturated/α-hetero) is 1. The first-order valence-corrected chi connectivity index (χ1v) is 5.62. The van der Waals surface area contributed by atoms with Gasteiger partial charge in [-0.25, -0.2) is 4.79 Å². The average Bonchev–Trinajstić information content (AvgIpc) is 2.45. The van der Waals surface area contributed by atoms with Crippen LogP contribution in [0.4, 0.5) is 0 Å². The predicted octanol–water partition coefficient (Wildman–Crippen LogP) is 2.64. The molecule has 3 heteroatoms. The molecule has 0 heterocycles. The van der Waals surface area contributed by atoms with E-state index in [-0.39, 0.29) is 11.8 Å². The Morgan fingerprint density at radius 1 is 1.38 bits per heavy atom. The van der Waals surface area contributed by atoms with Crippen LogP contribution in [0.1, 0.15) is 47.5 Å². The number of hydrogen-bond acceptors (Lipinski definition) is 3. The van der Waals surface area contributed by atoms with Crippen molar-refractivity contribution in [2.24, 2.45) is 5.41 Å². The maximum Gasteiger partial charge on any atom is 0.335 e. The van der Waals surface area contributed by atoms with Gasteiger partial charge in [0.05, 0.1) is 5.41 Å². The van der Waals surface area contributed by atoms with Gasteiger partial charge in [0.25, 0.3) is 0 Å². The zero-order valence-electron chi connectivity index (χ0n) is 10.7. The monoisotopic (exact) mass is 224 g/mol. The zero-order chi connectivity index (χ0) is 12.6. The minimum atomic E-state index is -0.650. The van der Waals surface area contributed by atoms with Gasteiger partial charge < -0.3 is 4.74 Å². The number of esters is 1. The molecule has 0 aromatic heterocycles. The fraction of sp³-hybridized carbons (Fsp3) is 0.692. The van der Waals surface area contributed by atoms with Crippen molar-refractivity contribution in [3.63, 3.8) is 0 Å². The molecule has 0 fully saturated rings. The minimum Gasteiger partial charge on any atom is -0.457 e. The van der Waals surface area contributed by atoms with Crippen LogP contribution in [0.2, 0.25) is 0 Å². The number of ketones is 1. The van der Waals surface area contributed by atoms with Gasteiger partial charge in [0.1, 0.15) is 11.4 Å². The quantitative estimate of drug-likeness (QED) is 0.677. The average molecular weight is 224 g/mol. The summed E-state index contributed by atoms with van der Waals surface area (Å²) in [6, 6.07) is 0. The molecule has 1 atom stereocenters. The van der Waals surface area contributed by atoms with E-state index in [1.807, 2.05) is 33.8 Å². The number of rotatable bonds is 2. The molecule has 0 saturated heterocycles. The molecule has 0 spiro atoms. The van der Waals surface area contributed by atoms with Crippen molar-refractivity contribution in [3.8, 4) is 0 Å². The molecular weight excluding hydrogens is 204 g/mol. The van der Waals surface area contributed by atoms with E-state index in [0.717, 1.165) is 6.42 Å². The summed E-state index contributed by atoms with van der Waals surface area (Å²) in [4.78, 5) is 23.5. The molecule has 0 N–H and O–H groups in total. The van der Waals surface area contributed by atoms with Gasteiger partial charge in [0.2, 0.25) is 0 Å². The molecule has 16 heavy (non-hydrogen) atoms. The first-order chi connectivity index (χ1) is 7.17. The molecule has 0 radical (unpaired) electrons. The van der Waals surface area contributed by atoms with Crippen molar-refractivity contribution in [2.45, 2.75) is 53.1 Å². The third kappa shape index (κ3) is 2.52. The van der Waals surface area contributed by atoms with Crippen LogP contribution in [0.5, 0.6) is 0 Å². The van der Waals surface area contributed by atoms with Crippen molar-refractivity contribution in [2.75, 3.05) is 0 Å². The van der Waals surface area contributed by atoms with Gasteiger partial charge in [-0.2, -0.15) is 0 Å². The lowest BCUT2D eigenvalue weighted by molar-refractivity contribution is -0.152. The molecule has 0 saturated carbocycles. The highest BCUT2D eigenvalue weighted by molar-refractivity contribution is 6.00. The molecule has 0 aromatic rings. The summed E-state index contributed by atoms with van der Waals surface area (Å²) >= 11 is 0. The van der Waals surface area contributed by atoms with Crippen LogP contribution in [0, 0.1) is 5.41 Å². The first-order valence-electron chi connectivity index (χ1n) is 5.62. The van der Waals surface area contributed by atoms with Crippen molar-refractivity contribution < 1.29 is 14.3 Å².